The largest absolute Gasteiger partial charge is 0.497 e. The number of aryl methyl sites for hydroxylation is 1. The minimum atomic E-state index is 0.591. The Morgan fingerprint density at radius 1 is 1.05 bits per heavy atom. The zero-order valence-corrected chi connectivity index (χ0v) is 11.5. The van der Waals surface area contributed by atoms with Crippen LogP contribution < -0.4 is 14.8 Å². The second-order valence-corrected chi connectivity index (χ2v) is 4.03. The first kappa shape index (κ1) is 13.1. The molecule has 1 N–H and O–H groups in total. The Balaban J connectivity index is 2.54. The molecule has 0 fully saturated rings. The number of nitrogens with zero attached hydrogens (tertiary/aromatic N) is 2. The fourth-order valence-electron chi connectivity index (χ4n) is 1.83. The highest BCUT2D eigenvalue weighted by Crippen LogP contribution is 2.32. The molecule has 1 aromatic carbocycles. The van der Waals surface area contributed by atoms with Gasteiger partial charge in [-0.25, -0.2) is 9.97 Å². The van der Waals surface area contributed by atoms with Crippen LogP contribution in [0.2, 0.25) is 0 Å². The number of hydrogen-bond donors (Lipinski definition) is 1. The average molecular weight is 259 g/mol. The van der Waals surface area contributed by atoms with E-state index in [0.29, 0.717) is 5.95 Å². The summed E-state index contributed by atoms with van der Waals surface area (Å²) in [5.74, 6) is 2.06. The summed E-state index contributed by atoms with van der Waals surface area (Å²) >= 11 is 0. The SMILES string of the molecule is CNc1nc(C)cc(-c2ccc(OC)cc2OC)n1. The summed E-state index contributed by atoms with van der Waals surface area (Å²) in [6.07, 6.45) is 0. The number of nitrogens with one attached hydrogen (secondary N) is 1. The molecule has 0 amide bonds. The Kier molecular flexibility index (Phi) is 3.85. The average Bonchev–Trinajstić information content (AvgIpc) is 2.45. The second-order valence-electron chi connectivity index (χ2n) is 4.03. The fourth-order valence-corrected chi connectivity index (χ4v) is 1.83. The van der Waals surface area contributed by atoms with Gasteiger partial charge >= 0.3 is 0 Å². The number of ether oxygens (including phenoxy) is 2. The normalized spacial score (nSPS) is 10.1. The third kappa shape index (κ3) is 2.76. The summed E-state index contributed by atoms with van der Waals surface area (Å²) in [6, 6.07) is 7.57. The van der Waals surface area contributed by atoms with Crippen molar-refractivity contribution in [1.29, 1.82) is 0 Å². The van der Waals surface area contributed by atoms with Gasteiger partial charge in [0.15, 0.2) is 0 Å². The number of benzene rings is 1. The monoisotopic (exact) mass is 259 g/mol. The summed E-state index contributed by atoms with van der Waals surface area (Å²) in [5.41, 5.74) is 2.62. The van der Waals surface area contributed by atoms with E-state index in [2.05, 4.69) is 15.3 Å². The van der Waals surface area contributed by atoms with Crippen LogP contribution in [-0.4, -0.2) is 31.2 Å². The van der Waals surface area contributed by atoms with E-state index >= 15 is 0 Å². The summed E-state index contributed by atoms with van der Waals surface area (Å²) in [5, 5.41) is 2.95. The molecule has 2 aromatic rings. The molecular formula is C14H17N3O2. The first-order chi connectivity index (χ1) is 9.17. The molecule has 0 saturated carbocycles. The highest BCUT2D eigenvalue weighted by atomic mass is 16.5. The maximum atomic E-state index is 5.39. The predicted octanol–water partition coefficient (Wildman–Crippen LogP) is 2.51. The van der Waals surface area contributed by atoms with Crippen LogP contribution in [0.1, 0.15) is 5.69 Å². The Morgan fingerprint density at radius 2 is 1.84 bits per heavy atom. The van der Waals surface area contributed by atoms with Crippen LogP contribution in [0, 0.1) is 6.92 Å². The second kappa shape index (κ2) is 5.56. The predicted molar refractivity (Wildman–Crippen MR) is 74.9 cm³/mol. The molecule has 0 atom stereocenters. The van der Waals surface area contributed by atoms with Crippen molar-refractivity contribution >= 4 is 5.95 Å². The molecule has 0 aliphatic carbocycles. The van der Waals surface area contributed by atoms with Gasteiger partial charge in [-0.15, -0.1) is 0 Å². The Morgan fingerprint density at radius 3 is 2.47 bits per heavy atom. The van der Waals surface area contributed by atoms with E-state index in [0.717, 1.165) is 28.5 Å². The fraction of sp³-hybridized carbons (Fsp3) is 0.286. The van der Waals surface area contributed by atoms with Gasteiger partial charge in [-0.05, 0) is 25.1 Å². The Bertz CT molecular complexity index is 585. The van der Waals surface area contributed by atoms with Crippen LogP contribution in [0.5, 0.6) is 11.5 Å². The van der Waals surface area contributed by atoms with Crippen molar-refractivity contribution in [1.82, 2.24) is 9.97 Å². The van der Waals surface area contributed by atoms with Gasteiger partial charge in [-0.1, -0.05) is 0 Å². The van der Waals surface area contributed by atoms with Crippen molar-refractivity contribution < 1.29 is 9.47 Å². The van der Waals surface area contributed by atoms with Crippen LogP contribution in [0.25, 0.3) is 11.3 Å². The zero-order chi connectivity index (χ0) is 13.8. The van der Waals surface area contributed by atoms with Crippen molar-refractivity contribution in [3.05, 3.63) is 30.0 Å². The smallest absolute Gasteiger partial charge is 0.223 e. The summed E-state index contributed by atoms with van der Waals surface area (Å²) < 4.78 is 10.6. The molecular weight excluding hydrogens is 242 g/mol. The lowest BCUT2D eigenvalue weighted by Crippen LogP contribution is -2.00. The zero-order valence-electron chi connectivity index (χ0n) is 11.5. The Hall–Kier alpha value is -2.30. The standard InChI is InChI=1S/C14H17N3O2/c1-9-7-12(17-14(15-2)16-9)11-6-5-10(18-3)8-13(11)19-4/h5-8H,1-4H3,(H,15,16,17). The van der Waals surface area contributed by atoms with E-state index in [1.807, 2.05) is 31.2 Å². The maximum absolute atomic E-state index is 5.39. The first-order valence-corrected chi connectivity index (χ1v) is 5.93. The van der Waals surface area contributed by atoms with Crippen molar-refractivity contribution in [3.63, 3.8) is 0 Å². The van der Waals surface area contributed by atoms with E-state index < -0.39 is 0 Å². The van der Waals surface area contributed by atoms with E-state index in [4.69, 9.17) is 9.47 Å². The minimum Gasteiger partial charge on any atom is -0.497 e. The van der Waals surface area contributed by atoms with Gasteiger partial charge in [-0.2, -0.15) is 0 Å². The number of hydrogen-bond acceptors (Lipinski definition) is 5. The molecule has 0 unspecified atom stereocenters. The molecule has 1 aromatic heterocycles. The van der Waals surface area contributed by atoms with E-state index in [1.54, 1.807) is 21.3 Å². The molecule has 2 rings (SSSR count). The van der Waals surface area contributed by atoms with Gasteiger partial charge in [0.1, 0.15) is 11.5 Å². The number of anilines is 1. The number of methoxy groups -OCH3 is 2. The van der Waals surface area contributed by atoms with E-state index in [1.165, 1.54) is 0 Å². The third-order valence-corrected chi connectivity index (χ3v) is 2.76. The lowest BCUT2D eigenvalue weighted by Gasteiger charge is -2.11. The van der Waals surface area contributed by atoms with E-state index in [-0.39, 0.29) is 0 Å². The van der Waals surface area contributed by atoms with Crippen LogP contribution >= 0.6 is 0 Å². The lowest BCUT2D eigenvalue weighted by molar-refractivity contribution is 0.395. The molecule has 100 valence electrons. The molecule has 5 nitrogen and oxygen atoms in total. The van der Waals surface area contributed by atoms with Crippen molar-refractivity contribution in [2.24, 2.45) is 0 Å². The quantitative estimate of drug-likeness (QED) is 0.914. The van der Waals surface area contributed by atoms with Crippen LogP contribution in [0.15, 0.2) is 24.3 Å². The molecule has 0 spiro atoms. The highest BCUT2D eigenvalue weighted by molar-refractivity contribution is 5.69. The summed E-state index contributed by atoms with van der Waals surface area (Å²) in [4.78, 5) is 8.72. The Labute approximate surface area is 112 Å². The molecule has 0 saturated heterocycles. The highest BCUT2D eigenvalue weighted by Gasteiger charge is 2.10. The number of aromatic nitrogens is 2. The minimum absolute atomic E-state index is 0.591. The first-order valence-electron chi connectivity index (χ1n) is 5.93. The van der Waals surface area contributed by atoms with Crippen LogP contribution in [0.4, 0.5) is 5.95 Å². The molecule has 1 heterocycles. The molecule has 5 heteroatoms. The lowest BCUT2D eigenvalue weighted by atomic mass is 10.1. The topological polar surface area (TPSA) is 56.3 Å². The summed E-state index contributed by atoms with van der Waals surface area (Å²) in [7, 11) is 5.05. The maximum Gasteiger partial charge on any atom is 0.223 e. The van der Waals surface area contributed by atoms with Crippen LogP contribution in [0.3, 0.4) is 0 Å². The molecule has 0 bridgehead atoms. The number of rotatable bonds is 4. The summed E-state index contributed by atoms with van der Waals surface area (Å²) in [6.45, 7) is 1.93. The van der Waals surface area contributed by atoms with Crippen molar-refractivity contribution in [2.75, 3.05) is 26.6 Å². The van der Waals surface area contributed by atoms with Crippen molar-refractivity contribution in [3.8, 4) is 22.8 Å². The van der Waals surface area contributed by atoms with Crippen LogP contribution in [-0.2, 0) is 0 Å². The molecule has 0 aliphatic rings. The van der Waals surface area contributed by atoms with Gasteiger partial charge in [0.25, 0.3) is 0 Å². The van der Waals surface area contributed by atoms with Gasteiger partial charge in [0.2, 0.25) is 5.95 Å². The van der Waals surface area contributed by atoms with Gasteiger partial charge < -0.3 is 14.8 Å². The van der Waals surface area contributed by atoms with Gasteiger partial charge in [0.05, 0.1) is 19.9 Å². The molecule has 0 radical (unpaired) electrons. The van der Waals surface area contributed by atoms with Crippen molar-refractivity contribution in [2.45, 2.75) is 6.92 Å². The molecule has 19 heavy (non-hydrogen) atoms. The van der Waals surface area contributed by atoms with Gasteiger partial charge in [0, 0.05) is 24.4 Å². The molecule has 0 aliphatic heterocycles. The third-order valence-electron chi connectivity index (χ3n) is 2.76. The van der Waals surface area contributed by atoms with Gasteiger partial charge in [-0.3, -0.25) is 0 Å². The van der Waals surface area contributed by atoms with E-state index in [9.17, 15) is 0 Å².